The number of nitrogens with one attached hydrogen (secondary N) is 1. The highest BCUT2D eigenvalue weighted by molar-refractivity contribution is 6.31. The number of carbonyl (C=O) groups excluding carboxylic acids is 1. The Balaban J connectivity index is 1.75. The number of nitrogens with zero attached hydrogens (tertiary/aromatic N) is 4. The molecule has 22 heavy (non-hydrogen) atoms. The van der Waals surface area contributed by atoms with Crippen LogP contribution < -0.4 is 5.32 Å². The number of anilines is 1. The van der Waals surface area contributed by atoms with Crippen molar-refractivity contribution in [3.63, 3.8) is 0 Å². The van der Waals surface area contributed by atoms with Crippen molar-refractivity contribution in [1.82, 2.24) is 19.2 Å². The van der Waals surface area contributed by atoms with E-state index in [2.05, 4.69) is 22.4 Å². The molecule has 2 aromatic rings. The summed E-state index contributed by atoms with van der Waals surface area (Å²) < 4.78 is 3.64. The van der Waals surface area contributed by atoms with Crippen molar-refractivity contribution >= 4 is 23.3 Å². The number of rotatable bonds is 3. The van der Waals surface area contributed by atoms with Crippen molar-refractivity contribution < 1.29 is 4.79 Å². The molecule has 0 atom stereocenters. The van der Waals surface area contributed by atoms with Crippen LogP contribution in [0, 0.1) is 0 Å². The van der Waals surface area contributed by atoms with Crippen LogP contribution in [0.2, 0.25) is 5.02 Å². The predicted molar refractivity (Wildman–Crippen MR) is 86.4 cm³/mol. The van der Waals surface area contributed by atoms with Crippen LogP contribution in [0.3, 0.4) is 0 Å². The van der Waals surface area contributed by atoms with Crippen LogP contribution in [-0.4, -0.2) is 45.3 Å². The molecular weight excluding hydrogens is 302 g/mol. The molecule has 7 heteroatoms. The molecule has 1 aliphatic heterocycles. The van der Waals surface area contributed by atoms with Gasteiger partial charge in [-0.1, -0.05) is 11.6 Å². The zero-order valence-corrected chi connectivity index (χ0v) is 13.5. The maximum Gasteiger partial charge on any atom is 0.273 e. The van der Waals surface area contributed by atoms with E-state index in [1.165, 1.54) is 0 Å². The first-order valence-corrected chi connectivity index (χ1v) is 7.77. The van der Waals surface area contributed by atoms with Crippen molar-refractivity contribution in [3.05, 3.63) is 35.2 Å². The molecule has 1 saturated heterocycles. The monoisotopic (exact) mass is 321 g/mol. The van der Waals surface area contributed by atoms with Crippen molar-refractivity contribution in [1.29, 1.82) is 0 Å². The van der Waals surface area contributed by atoms with Gasteiger partial charge in [0, 0.05) is 19.3 Å². The number of carbonyl (C=O) groups is 1. The van der Waals surface area contributed by atoms with Crippen molar-refractivity contribution in [3.8, 4) is 0 Å². The Hall–Kier alpha value is -1.79. The molecule has 0 unspecified atom stereocenters. The second-order valence-electron chi connectivity index (χ2n) is 5.80. The zero-order chi connectivity index (χ0) is 15.7. The van der Waals surface area contributed by atoms with Crippen LogP contribution in [0.15, 0.2) is 24.5 Å². The van der Waals surface area contributed by atoms with Gasteiger partial charge >= 0.3 is 0 Å². The summed E-state index contributed by atoms with van der Waals surface area (Å²) in [7, 11) is 3.93. The standard InChI is InChI=1S/C15H20ClN5O/c1-19-7-4-12(5-8-19)21-14(3-6-17-21)18-15(22)13-9-11(16)10-20(13)2/h3,6,9-10,12H,4-5,7-8H2,1-2H3,(H,18,22). The normalized spacial score (nSPS) is 16.9. The van der Waals surface area contributed by atoms with Gasteiger partial charge in [0.1, 0.15) is 11.5 Å². The maximum atomic E-state index is 12.4. The van der Waals surface area contributed by atoms with Gasteiger partial charge in [0.05, 0.1) is 17.3 Å². The first kappa shape index (κ1) is 15.1. The highest BCUT2D eigenvalue weighted by atomic mass is 35.5. The minimum absolute atomic E-state index is 0.177. The average molecular weight is 322 g/mol. The fourth-order valence-corrected chi connectivity index (χ4v) is 3.12. The van der Waals surface area contributed by atoms with E-state index >= 15 is 0 Å². The lowest BCUT2D eigenvalue weighted by molar-refractivity contribution is 0.101. The summed E-state index contributed by atoms with van der Waals surface area (Å²) in [6.07, 6.45) is 5.52. The lowest BCUT2D eigenvalue weighted by Gasteiger charge is -2.30. The molecule has 118 valence electrons. The lowest BCUT2D eigenvalue weighted by atomic mass is 10.1. The van der Waals surface area contributed by atoms with E-state index < -0.39 is 0 Å². The van der Waals surface area contributed by atoms with Gasteiger partial charge in [0.2, 0.25) is 0 Å². The fraction of sp³-hybridized carbons (Fsp3) is 0.467. The number of piperidine rings is 1. The Labute approximate surface area is 134 Å². The molecule has 2 aromatic heterocycles. The van der Waals surface area contributed by atoms with Crippen molar-refractivity contribution in [2.45, 2.75) is 18.9 Å². The van der Waals surface area contributed by atoms with E-state index in [1.54, 1.807) is 30.1 Å². The molecule has 0 spiro atoms. The molecule has 0 bridgehead atoms. The minimum Gasteiger partial charge on any atom is -0.345 e. The van der Waals surface area contributed by atoms with Gasteiger partial charge in [0.25, 0.3) is 5.91 Å². The summed E-state index contributed by atoms with van der Waals surface area (Å²) in [6.45, 7) is 2.09. The summed E-state index contributed by atoms with van der Waals surface area (Å²) in [5, 5.41) is 7.88. The summed E-state index contributed by atoms with van der Waals surface area (Å²) in [5.74, 6) is 0.556. The third kappa shape index (κ3) is 3.03. The highest BCUT2D eigenvalue weighted by Crippen LogP contribution is 2.25. The predicted octanol–water partition coefficient (Wildman–Crippen LogP) is 2.39. The van der Waals surface area contributed by atoms with E-state index in [0.29, 0.717) is 16.8 Å². The topological polar surface area (TPSA) is 55.1 Å². The van der Waals surface area contributed by atoms with Crippen LogP contribution in [-0.2, 0) is 7.05 Å². The second-order valence-corrected chi connectivity index (χ2v) is 6.24. The van der Waals surface area contributed by atoms with Crippen LogP contribution in [0.4, 0.5) is 5.82 Å². The van der Waals surface area contributed by atoms with Gasteiger partial charge in [-0.25, -0.2) is 4.68 Å². The smallest absolute Gasteiger partial charge is 0.273 e. The maximum absolute atomic E-state index is 12.4. The molecule has 3 rings (SSSR count). The van der Waals surface area contributed by atoms with Gasteiger partial charge in [-0.3, -0.25) is 4.79 Å². The van der Waals surface area contributed by atoms with Crippen LogP contribution in [0.1, 0.15) is 29.4 Å². The Morgan fingerprint density at radius 3 is 2.73 bits per heavy atom. The largest absolute Gasteiger partial charge is 0.345 e. The van der Waals surface area contributed by atoms with Crippen molar-refractivity contribution in [2.24, 2.45) is 7.05 Å². The lowest BCUT2D eigenvalue weighted by Crippen LogP contribution is -2.32. The second kappa shape index (κ2) is 6.14. The molecule has 3 heterocycles. The van der Waals surface area contributed by atoms with E-state index in [1.807, 2.05) is 10.7 Å². The molecule has 1 N–H and O–H groups in total. The Morgan fingerprint density at radius 2 is 2.09 bits per heavy atom. The van der Waals surface area contributed by atoms with Gasteiger partial charge in [0.15, 0.2) is 0 Å². The summed E-state index contributed by atoms with van der Waals surface area (Å²) in [5.41, 5.74) is 0.529. The summed E-state index contributed by atoms with van der Waals surface area (Å²) in [6, 6.07) is 3.83. The van der Waals surface area contributed by atoms with Gasteiger partial charge in [-0.15, -0.1) is 0 Å². The molecule has 6 nitrogen and oxygen atoms in total. The SMILES string of the molecule is CN1CCC(n2nccc2NC(=O)c2cc(Cl)cn2C)CC1. The molecular formula is C15H20ClN5O. The number of likely N-dealkylation sites (tertiary alicyclic amines) is 1. The molecule has 0 aliphatic carbocycles. The quantitative estimate of drug-likeness (QED) is 0.944. The van der Waals surface area contributed by atoms with E-state index in [4.69, 9.17) is 11.6 Å². The van der Waals surface area contributed by atoms with Crippen LogP contribution in [0.5, 0.6) is 0 Å². The molecule has 1 aliphatic rings. The Morgan fingerprint density at radius 1 is 1.36 bits per heavy atom. The van der Waals surface area contributed by atoms with Crippen LogP contribution >= 0.6 is 11.6 Å². The molecule has 1 fully saturated rings. The summed E-state index contributed by atoms with van der Waals surface area (Å²) in [4.78, 5) is 14.7. The number of hydrogen-bond acceptors (Lipinski definition) is 3. The molecule has 0 aromatic carbocycles. The third-order valence-corrected chi connectivity index (χ3v) is 4.36. The van der Waals surface area contributed by atoms with E-state index in [0.717, 1.165) is 31.7 Å². The molecule has 1 amide bonds. The first-order chi connectivity index (χ1) is 10.5. The first-order valence-electron chi connectivity index (χ1n) is 7.40. The third-order valence-electron chi connectivity index (χ3n) is 4.15. The Bertz CT molecular complexity index is 669. The minimum atomic E-state index is -0.177. The number of halogens is 1. The highest BCUT2D eigenvalue weighted by Gasteiger charge is 2.22. The van der Waals surface area contributed by atoms with Gasteiger partial charge < -0.3 is 14.8 Å². The average Bonchev–Trinajstić information content (AvgIpc) is 3.06. The molecule has 0 saturated carbocycles. The molecule has 0 radical (unpaired) electrons. The zero-order valence-electron chi connectivity index (χ0n) is 12.8. The van der Waals surface area contributed by atoms with Crippen molar-refractivity contribution in [2.75, 3.05) is 25.5 Å². The van der Waals surface area contributed by atoms with Gasteiger partial charge in [-0.05, 0) is 39.0 Å². The number of aromatic nitrogens is 3. The number of hydrogen-bond donors (Lipinski definition) is 1. The fourth-order valence-electron chi connectivity index (χ4n) is 2.87. The number of aryl methyl sites for hydroxylation is 1. The van der Waals surface area contributed by atoms with Gasteiger partial charge in [-0.2, -0.15) is 5.10 Å². The summed E-state index contributed by atoms with van der Waals surface area (Å²) >= 11 is 5.94. The van der Waals surface area contributed by atoms with E-state index in [-0.39, 0.29) is 5.91 Å². The van der Waals surface area contributed by atoms with Crippen LogP contribution in [0.25, 0.3) is 0 Å². The van der Waals surface area contributed by atoms with E-state index in [9.17, 15) is 4.79 Å². The number of amides is 1. The Kier molecular flexibility index (Phi) is 4.22.